The molecule has 2 atom stereocenters. The Morgan fingerprint density at radius 3 is 2.32 bits per heavy atom. The summed E-state index contributed by atoms with van der Waals surface area (Å²) in [4.78, 5) is 20.8. The minimum atomic E-state index is -4.96. The summed E-state index contributed by atoms with van der Waals surface area (Å²) >= 11 is 0. The first-order valence-corrected chi connectivity index (χ1v) is 13.6. The van der Waals surface area contributed by atoms with Crippen molar-refractivity contribution in [1.82, 2.24) is 10.4 Å². The number of rotatable bonds is 6. The summed E-state index contributed by atoms with van der Waals surface area (Å²) in [6.07, 6.45) is 0.0389. The van der Waals surface area contributed by atoms with Crippen LogP contribution in [0.1, 0.15) is 54.4 Å². The maximum absolute atomic E-state index is 13.2. The molecule has 2 aromatic rings. The van der Waals surface area contributed by atoms with Gasteiger partial charge in [0.25, 0.3) is 5.91 Å². The van der Waals surface area contributed by atoms with Crippen molar-refractivity contribution >= 4 is 18.0 Å². The Morgan fingerprint density at radius 2 is 1.63 bits per heavy atom. The number of nitrogens with one attached hydrogen (secondary N) is 1. The topological polar surface area (TPSA) is 57.1 Å². The second kappa shape index (κ2) is 13.5. The van der Waals surface area contributed by atoms with E-state index in [0.717, 1.165) is 45.2 Å². The van der Waals surface area contributed by atoms with Crippen molar-refractivity contribution in [1.29, 1.82) is 0 Å². The third-order valence-electron chi connectivity index (χ3n) is 7.19. The first-order chi connectivity index (χ1) is 19.5. The average molecular weight is 579 g/mol. The number of nitrogens with zero attached hydrogens (tertiary/aromatic N) is 3. The van der Waals surface area contributed by atoms with Crippen molar-refractivity contribution in [3.63, 3.8) is 0 Å². The molecule has 5 nitrogen and oxygen atoms in total. The molecule has 2 aliphatic heterocycles. The molecule has 4 rings (SSSR count). The van der Waals surface area contributed by atoms with Gasteiger partial charge in [0, 0.05) is 43.4 Å². The van der Waals surface area contributed by atoms with Gasteiger partial charge in [-0.15, -0.1) is 0 Å². The van der Waals surface area contributed by atoms with Gasteiger partial charge in [0.15, 0.2) is 5.84 Å². The molecule has 2 aromatic carbocycles. The Kier molecular flexibility index (Phi) is 10.0. The van der Waals surface area contributed by atoms with Crippen LogP contribution >= 0.6 is 0 Å². The molecular formula is C30H32F6N4O. The minimum absolute atomic E-state index is 0.0735. The predicted molar refractivity (Wildman–Crippen MR) is 145 cm³/mol. The van der Waals surface area contributed by atoms with Gasteiger partial charge in [-0.1, -0.05) is 49.2 Å². The molecule has 41 heavy (non-hydrogen) atoms. The highest BCUT2D eigenvalue weighted by molar-refractivity contribution is 6.04. The molecular weight excluding hydrogens is 546 g/mol. The van der Waals surface area contributed by atoms with Crippen molar-refractivity contribution in [2.75, 3.05) is 19.6 Å². The highest BCUT2D eigenvalue weighted by atomic mass is 19.4. The molecule has 220 valence electrons. The Balaban J connectivity index is 1.35. The average Bonchev–Trinajstić information content (AvgIpc) is 3.16. The van der Waals surface area contributed by atoms with Crippen LogP contribution in [0.25, 0.3) is 0 Å². The first kappa shape index (κ1) is 30.5. The van der Waals surface area contributed by atoms with E-state index >= 15 is 0 Å². The van der Waals surface area contributed by atoms with Crippen LogP contribution in [0.4, 0.5) is 26.3 Å². The van der Waals surface area contributed by atoms with E-state index in [0.29, 0.717) is 24.5 Å². The van der Waals surface area contributed by atoms with Gasteiger partial charge in [0.05, 0.1) is 11.1 Å². The van der Waals surface area contributed by atoms with E-state index in [1.807, 2.05) is 23.2 Å². The second-order valence-electron chi connectivity index (χ2n) is 10.4. The lowest BCUT2D eigenvalue weighted by atomic mass is 9.90. The zero-order valence-corrected chi connectivity index (χ0v) is 22.4. The van der Waals surface area contributed by atoms with E-state index < -0.39 is 23.5 Å². The predicted octanol–water partition coefficient (Wildman–Crippen LogP) is 6.88. The molecule has 1 fully saturated rings. The van der Waals surface area contributed by atoms with Crippen molar-refractivity contribution in [3.05, 3.63) is 82.9 Å². The number of hydrogen-bond acceptors (Lipinski definition) is 4. The van der Waals surface area contributed by atoms with Crippen molar-refractivity contribution < 1.29 is 31.1 Å². The monoisotopic (exact) mass is 578 g/mol. The van der Waals surface area contributed by atoms with Crippen LogP contribution in [0.3, 0.4) is 0 Å². The Hall–Kier alpha value is -3.47. The molecule has 0 bridgehead atoms. The highest BCUT2D eigenvalue weighted by Crippen LogP contribution is 2.36. The third kappa shape index (κ3) is 9.27. The molecule has 0 spiro atoms. The molecule has 11 heteroatoms. The smallest absolute Gasteiger partial charge is 0.285 e. The number of allylic oxidation sites excluding steroid dienone is 1. The Bertz CT molecular complexity index is 1240. The van der Waals surface area contributed by atoms with Crippen LogP contribution in [-0.4, -0.2) is 42.6 Å². The number of carbonyl (C=O) groups excluding carboxylic acids is 1. The maximum Gasteiger partial charge on any atom is 0.416 e. The van der Waals surface area contributed by atoms with E-state index in [-0.39, 0.29) is 35.8 Å². The number of carbonyl (C=O) groups is 1. The maximum atomic E-state index is 13.2. The first-order valence-electron chi connectivity index (χ1n) is 13.6. The lowest BCUT2D eigenvalue weighted by Crippen LogP contribution is -2.44. The number of aliphatic imine (C=N–C) groups is 2. The quantitative estimate of drug-likeness (QED) is 0.300. The number of alkyl halides is 6. The van der Waals surface area contributed by atoms with Crippen LogP contribution in [0, 0.1) is 11.8 Å². The lowest BCUT2D eigenvalue weighted by Gasteiger charge is -2.28. The summed E-state index contributed by atoms with van der Waals surface area (Å²) < 4.78 is 79.5. The fraction of sp³-hybridized carbons (Fsp3) is 0.433. The molecule has 0 aliphatic carbocycles. The standard InChI is InChI=1S/C30H32F6N4O/c31-29(32,33)25-17-24(18-26(19-25)30(34,35)36)28-37-13-11-23(20-38-28)9-10-27(41)39-40-14-5-4-8-22(12-15-40)16-21-6-2-1-3-7-21/h1-3,6-7,9-10,17-20,22-23H,4-5,8,11-16H2,(H,39,41)/b10-9-. The summed E-state index contributed by atoms with van der Waals surface area (Å²) in [5.41, 5.74) is 1.02. The van der Waals surface area contributed by atoms with Crippen LogP contribution in [0.2, 0.25) is 0 Å². The zero-order valence-electron chi connectivity index (χ0n) is 22.4. The van der Waals surface area contributed by atoms with E-state index in [9.17, 15) is 31.1 Å². The SMILES string of the molecule is O=C(/C=C\C1C=NC(c2cc(C(F)(F)F)cc(C(F)(F)F)c2)=NCC1)NN1CCCCC(Cc2ccccc2)CC1. The summed E-state index contributed by atoms with van der Waals surface area (Å²) in [5.74, 6) is -0.352. The Morgan fingerprint density at radius 1 is 0.927 bits per heavy atom. The lowest BCUT2D eigenvalue weighted by molar-refractivity contribution is -0.143. The summed E-state index contributed by atoms with van der Waals surface area (Å²) in [6.45, 7) is 1.60. The fourth-order valence-electron chi connectivity index (χ4n) is 4.99. The molecule has 0 saturated carbocycles. The van der Waals surface area contributed by atoms with Crippen LogP contribution < -0.4 is 5.43 Å². The normalized spacial score (nSPS) is 21.2. The molecule has 1 amide bonds. The van der Waals surface area contributed by atoms with Gasteiger partial charge < -0.3 is 0 Å². The van der Waals surface area contributed by atoms with Crippen LogP contribution in [0.5, 0.6) is 0 Å². The van der Waals surface area contributed by atoms with E-state index in [1.165, 1.54) is 17.9 Å². The van der Waals surface area contributed by atoms with Gasteiger partial charge in [0.2, 0.25) is 0 Å². The van der Waals surface area contributed by atoms with Crippen molar-refractivity contribution in [3.8, 4) is 0 Å². The van der Waals surface area contributed by atoms with Gasteiger partial charge >= 0.3 is 12.4 Å². The van der Waals surface area contributed by atoms with Crippen LogP contribution in [-0.2, 0) is 23.6 Å². The molecule has 0 aromatic heterocycles. The van der Waals surface area contributed by atoms with E-state index in [1.54, 1.807) is 6.08 Å². The molecule has 0 radical (unpaired) electrons. The highest BCUT2D eigenvalue weighted by Gasteiger charge is 2.37. The zero-order chi connectivity index (χ0) is 29.5. The van der Waals surface area contributed by atoms with Gasteiger partial charge in [-0.05, 0) is 55.4 Å². The van der Waals surface area contributed by atoms with Gasteiger partial charge in [-0.2, -0.15) is 26.3 Å². The largest absolute Gasteiger partial charge is 0.416 e. The molecule has 2 aliphatic rings. The van der Waals surface area contributed by atoms with Gasteiger partial charge in [-0.25, -0.2) is 10.0 Å². The molecule has 1 saturated heterocycles. The van der Waals surface area contributed by atoms with Gasteiger partial charge in [-0.3, -0.25) is 15.2 Å². The number of halogens is 6. The van der Waals surface area contributed by atoms with Crippen molar-refractivity contribution in [2.24, 2.45) is 21.8 Å². The molecule has 2 heterocycles. The summed E-state index contributed by atoms with van der Waals surface area (Å²) in [6, 6.07) is 11.6. The van der Waals surface area contributed by atoms with Gasteiger partial charge in [0.1, 0.15) is 0 Å². The number of amides is 1. The summed E-state index contributed by atoms with van der Waals surface area (Å²) in [5, 5.41) is 1.93. The number of amidine groups is 1. The van der Waals surface area contributed by atoms with Crippen LogP contribution in [0.15, 0.2) is 70.7 Å². The minimum Gasteiger partial charge on any atom is -0.285 e. The molecule has 1 N–H and O–H groups in total. The fourth-order valence-corrected chi connectivity index (χ4v) is 4.99. The number of hydrazine groups is 1. The molecule has 2 unspecified atom stereocenters. The second-order valence-corrected chi connectivity index (χ2v) is 10.4. The third-order valence-corrected chi connectivity index (χ3v) is 7.19. The van der Waals surface area contributed by atoms with Crippen molar-refractivity contribution in [2.45, 2.75) is 50.9 Å². The van der Waals surface area contributed by atoms with E-state index in [4.69, 9.17) is 0 Å². The van der Waals surface area contributed by atoms with E-state index in [2.05, 4.69) is 27.5 Å². The number of hydrogen-bond donors (Lipinski definition) is 1. The summed E-state index contributed by atoms with van der Waals surface area (Å²) in [7, 11) is 0. The Labute approximate surface area is 235 Å². The number of benzene rings is 2.